The first-order valence-electron chi connectivity index (χ1n) is 4.47. The Kier molecular flexibility index (Phi) is 3.50. The fourth-order valence-corrected chi connectivity index (χ4v) is 2.33. The number of alkyl halides is 6. The summed E-state index contributed by atoms with van der Waals surface area (Å²) >= 11 is 0.245. The maximum Gasteiger partial charge on any atom is 0.431 e. The third kappa shape index (κ3) is 2.28. The number of aryl methyl sites for hydroxylation is 1. The van der Waals surface area contributed by atoms with Gasteiger partial charge in [0.2, 0.25) is 0 Å². The lowest BCUT2D eigenvalue weighted by atomic mass is 10.00. The Morgan fingerprint density at radius 3 is 1.88 bits per heavy atom. The Bertz CT molecular complexity index is 377. The molecule has 0 unspecified atom stereocenters. The molecule has 1 nitrogen and oxygen atoms in total. The number of thiophene rings is 1. The van der Waals surface area contributed by atoms with Crippen molar-refractivity contribution >= 4 is 11.3 Å². The lowest BCUT2D eigenvalue weighted by Crippen LogP contribution is -2.53. The summed E-state index contributed by atoms with van der Waals surface area (Å²) < 4.78 is 74.6. The predicted octanol–water partition coefficient (Wildman–Crippen LogP) is 3.62. The second kappa shape index (κ2) is 4.16. The van der Waals surface area contributed by atoms with Crippen LogP contribution in [0.25, 0.3) is 0 Å². The minimum atomic E-state index is -5.80. The van der Waals surface area contributed by atoms with Crippen LogP contribution >= 0.6 is 11.3 Å². The van der Waals surface area contributed by atoms with Crippen molar-refractivity contribution < 1.29 is 31.4 Å². The van der Waals surface area contributed by atoms with E-state index in [-0.39, 0.29) is 11.3 Å². The van der Waals surface area contributed by atoms with Crippen LogP contribution in [0.2, 0.25) is 0 Å². The van der Waals surface area contributed by atoms with Gasteiger partial charge in [-0.1, -0.05) is 6.92 Å². The van der Waals surface area contributed by atoms with Gasteiger partial charge in [-0.15, -0.1) is 11.3 Å². The van der Waals surface area contributed by atoms with Gasteiger partial charge in [0.25, 0.3) is 5.60 Å². The van der Waals surface area contributed by atoms with Gasteiger partial charge in [0.05, 0.1) is 4.88 Å². The van der Waals surface area contributed by atoms with Crippen LogP contribution in [0.1, 0.15) is 17.4 Å². The van der Waals surface area contributed by atoms with Gasteiger partial charge >= 0.3 is 12.4 Å². The van der Waals surface area contributed by atoms with Gasteiger partial charge in [-0.2, -0.15) is 26.3 Å². The molecule has 0 saturated carbocycles. The van der Waals surface area contributed by atoms with Crippen LogP contribution < -0.4 is 0 Å². The maximum absolute atomic E-state index is 12.4. The lowest BCUT2D eigenvalue weighted by Gasteiger charge is -2.31. The molecular formula is C9H8F6OS. The van der Waals surface area contributed by atoms with E-state index in [4.69, 9.17) is 5.11 Å². The zero-order chi connectivity index (χ0) is 13.5. The molecule has 1 aromatic heterocycles. The van der Waals surface area contributed by atoms with E-state index in [0.29, 0.717) is 12.0 Å². The highest BCUT2D eigenvalue weighted by molar-refractivity contribution is 7.10. The summed E-state index contributed by atoms with van der Waals surface area (Å²) in [6.45, 7) is 1.59. The summed E-state index contributed by atoms with van der Waals surface area (Å²) in [4.78, 5) is -1.16. The Labute approximate surface area is 96.7 Å². The topological polar surface area (TPSA) is 20.2 Å². The molecule has 0 aliphatic rings. The standard InChI is InChI=1S/C9H8F6OS/c1-2-5-3-6(17-4-5)7(16,8(10,11)12)9(13,14)15/h3-4,16H,2H2,1H3. The molecule has 0 saturated heterocycles. The molecule has 1 N–H and O–H groups in total. The van der Waals surface area contributed by atoms with Crippen molar-refractivity contribution in [2.45, 2.75) is 31.3 Å². The van der Waals surface area contributed by atoms with Gasteiger partial charge in [-0.05, 0) is 23.4 Å². The summed E-state index contributed by atoms with van der Waals surface area (Å²) in [5, 5.41) is 10.2. The summed E-state index contributed by atoms with van der Waals surface area (Å²) in [5.41, 5.74) is -4.48. The summed E-state index contributed by atoms with van der Waals surface area (Å²) in [6, 6.07) is 0.728. The smallest absolute Gasteiger partial charge is 0.369 e. The van der Waals surface area contributed by atoms with Gasteiger partial charge in [-0.3, -0.25) is 0 Å². The fraction of sp³-hybridized carbons (Fsp3) is 0.556. The second-order valence-electron chi connectivity index (χ2n) is 3.38. The van der Waals surface area contributed by atoms with Crippen LogP contribution in [0.15, 0.2) is 11.4 Å². The number of halogens is 6. The van der Waals surface area contributed by atoms with Gasteiger partial charge in [-0.25, -0.2) is 0 Å². The molecule has 0 amide bonds. The SMILES string of the molecule is CCc1csc(C(O)(C(F)(F)F)C(F)(F)F)c1. The third-order valence-corrected chi connectivity index (χ3v) is 3.33. The van der Waals surface area contributed by atoms with Crippen LogP contribution in [-0.4, -0.2) is 17.5 Å². The van der Waals surface area contributed by atoms with Gasteiger partial charge in [0.15, 0.2) is 0 Å². The molecule has 0 spiro atoms. The molecule has 17 heavy (non-hydrogen) atoms. The second-order valence-corrected chi connectivity index (χ2v) is 4.29. The highest BCUT2D eigenvalue weighted by atomic mass is 32.1. The van der Waals surface area contributed by atoms with Crippen molar-refractivity contribution in [1.82, 2.24) is 0 Å². The predicted molar refractivity (Wildman–Crippen MR) is 49.7 cm³/mol. The van der Waals surface area contributed by atoms with Crippen molar-refractivity contribution in [2.24, 2.45) is 0 Å². The first kappa shape index (κ1) is 14.3. The van der Waals surface area contributed by atoms with Crippen LogP contribution in [0, 0.1) is 0 Å². The average molecular weight is 278 g/mol. The minimum Gasteiger partial charge on any atom is -0.369 e. The minimum absolute atomic E-state index is 0.245. The molecule has 0 fully saturated rings. The van der Waals surface area contributed by atoms with E-state index >= 15 is 0 Å². The van der Waals surface area contributed by atoms with Crippen molar-refractivity contribution in [3.05, 3.63) is 21.9 Å². The van der Waals surface area contributed by atoms with E-state index in [1.54, 1.807) is 6.92 Å². The number of rotatable bonds is 2. The fourth-order valence-electron chi connectivity index (χ4n) is 1.19. The Morgan fingerprint density at radius 1 is 1.12 bits per heavy atom. The van der Waals surface area contributed by atoms with E-state index < -0.39 is 22.8 Å². The lowest BCUT2D eigenvalue weighted by molar-refractivity contribution is -0.374. The molecule has 1 aromatic rings. The van der Waals surface area contributed by atoms with Crippen molar-refractivity contribution in [2.75, 3.05) is 0 Å². The maximum atomic E-state index is 12.4. The van der Waals surface area contributed by atoms with Gasteiger partial charge in [0.1, 0.15) is 0 Å². The quantitative estimate of drug-likeness (QED) is 0.819. The molecule has 0 aliphatic carbocycles. The van der Waals surface area contributed by atoms with E-state index in [1.165, 1.54) is 0 Å². The molecule has 1 heterocycles. The first-order chi connectivity index (χ1) is 7.54. The monoisotopic (exact) mass is 278 g/mol. The van der Waals surface area contributed by atoms with E-state index in [1.807, 2.05) is 0 Å². The molecular weight excluding hydrogens is 270 g/mol. The Hall–Kier alpha value is -0.760. The van der Waals surface area contributed by atoms with Gasteiger partial charge < -0.3 is 5.11 Å². The zero-order valence-corrected chi connectivity index (χ0v) is 9.30. The van der Waals surface area contributed by atoms with Crippen LogP contribution in [0.5, 0.6) is 0 Å². The summed E-state index contributed by atoms with van der Waals surface area (Å²) in [5.74, 6) is 0. The molecule has 8 heteroatoms. The van der Waals surface area contributed by atoms with Crippen LogP contribution in [-0.2, 0) is 12.0 Å². The van der Waals surface area contributed by atoms with Crippen molar-refractivity contribution in [3.8, 4) is 0 Å². The van der Waals surface area contributed by atoms with Crippen molar-refractivity contribution in [3.63, 3.8) is 0 Å². The largest absolute Gasteiger partial charge is 0.431 e. The van der Waals surface area contributed by atoms with Crippen LogP contribution in [0.4, 0.5) is 26.3 Å². The first-order valence-corrected chi connectivity index (χ1v) is 5.35. The number of hydrogen-bond donors (Lipinski definition) is 1. The molecule has 0 atom stereocenters. The van der Waals surface area contributed by atoms with E-state index in [9.17, 15) is 26.3 Å². The average Bonchev–Trinajstić information content (AvgIpc) is 2.61. The van der Waals surface area contributed by atoms with Crippen LogP contribution in [0.3, 0.4) is 0 Å². The third-order valence-electron chi connectivity index (χ3n) is 2.24. The zero-order valence-electron chi connectivity index (χ0n) is 8.49. The highest BCUT2D eigenvalue weighted by Gasteiger charge is 2.72. The highest BCUT2D eigenvalue weighted by Crippen LogP contribution is 2.51. The molecule has 0 bridgehead atoms. The van der Waals surface area contributed by atoms with Gasteiger partial charge in [0, 0.05) is 0 Å². The van der Waals surface area contributed by atoms with E-state index in [2.05, 4.69) is 0 Å². The summed E-state index contributed by atoms with van der Waals surface area (Å²) in [6.07, 6.45) is -11.3. The Morgan fingerprint density at radius 2 is 1.59 bits per heavy atom. The van der Waals surface area contributed by atoms with E-state index in [0.717, 1.165) is 11.4 Å². The Balaban J connectivity index is 3.35. The molecule has 0 radical (unpaired) electrons. The normalized spacial score (nSPS) is 14.1. The molecule has 0 aromatic carbocycles. The molecule has 0 aliphatic heterocycles. The summed E-state index contributed by atoms with van der Waals surface area (Å²) in [7, 11) is 0. The molecule has 1 rings (SSSR count). The number of aliphatic hydroxyl groups is 1. The molecule has 98 valence electrons. The number of hydrogen-bond acceptors (Lipinski definition) is 2. The van der Waals surface area contributed by atoms with Crippen molar-refractivity contribution in [1.29, 1.82) is 0 Å².